The smallest absolute Gasteiger partial charge is 0.314 e. The van der Waals surface area contributed by atoms with E-state index in [9.17, 15) is 14.4 Å². The summed E-state index contributed by atoms with van der Waals surface area (Å²) in [6.07, 6.45) is 7.85. The van der Waals surface area contributed by atoms with Crippen molar-refractivity contribution in [2.24, 2.45) is 5.92 Å². The Morgan fingerprint density at radius 3 is 2.79 bits per heavy atom. The van der Waals surface area contributed by atoms with Gasteiger partial charge in [-0.05, 0) is 18.8 Å². The molecule has 1 heterocycles. The second-order valence-electron chi connectivity index (χ2n) is 5.64. The molecule has 2 fully saturated rings. The number of nitrogens with zero attached hydrogens (tertiary/aromatic N) is 1. The number of rotatable bonds is 4. The highest BCUT2D eigenvalue weighted by Gasteiger charge is 2.36. The minimum absolute atomic E-state index is 0.0458. The van der Waals surface area contributed by atoms with E-state index in [2.05, 4.69) is 12.2 Å². The van der Waals surface area contributed by atoms with Crippen LogP contribution in [0.1, 0.15) is 51.9 Å². The molecule has 5 heteroatoms. The molecule has 0 bridgehead atoms. The topological polar surface area (TPSA) is 66.5 Å². The van der Waals surface area contributed by atoms with Crippen molar-refractivity contribution in [1.29, 1.82) is 0 Å². The largest absolute Gasteiger partial charge is 0.325 e. The lowest BCUT2D eigenvalue weighted by atomic mass is 9.82. The van der Waals surface area contributed by atoms with E-state index < -0.39 is 17.7 Å². The summed E-state index contributed by atoms with van der Waals surface area (Å²) >= 11 is 0. The molecule has 1 saturated carbocycles. The fourth-order valence-electron chi connectivity index (χ4n) is 3.13. The Morgan fingerprint density at radius 1 is 1.26 bits per heavy atom. The summed E-state index contributed by atoms with van der Waals surface area (Å²) in [5, 5.41) is 2.13. The van der Waals surface area contributed by atoms with Crippen molar-refractivity contribution in [3.63, 3.8) is 0 Å². The Balaban J connectivity index is 1.95. The van der Waals surface area contributed by atoms with Gasteiger partial charge >= 0.3 is 6.03 Å². The van der Waals surface area contributed by atoms with E-state index >= 15 is 0 Å². The van der Waals surface area contributed by atoms with Crippen molar-refractivity contribution in [3.8, 4) is 0 Å². The van der Waals surface area contributed by atoms with Crippen LogP contribution in [0.15, 0.2) is 0 Å². The number of urea groups is 1. The predicted molar refractivity (Wildman–Crippen MR) is 70.5 cm³/mol. The van der Waals surface area contributed by atoms with Crippen molar-refractivity contribution in [2.45, 2.75) is 57.9 Å². The second-order valence-corrected chi connectivity index (χ2v) is 5.64. The van der Waals surface area contributed by atoms with E-state index in [0.29, 0.717) is 5.92 Å². The SMILES string of the molecule is CCCCC1CCCC(N2CC(=O)C(=O)NC2=O)C1. The van der Waals surface area contributed by atoms with Crippen LogP contribution >= 0.6 is 0 Å². The molecule has 1 saturated heterocycles. The van der Waals surface area contributed by atoms with E-state index in [1.54, 1.807) is 4.90 Å². The van der Waals surface area contributed by atoms with Gasteiger partial charge in [0.05, 0.1) is 6.54 Å². The van der Waals surface area contributed by atoms with Crippen molar-refractivity contribution in [2.75, 3.05) is 6.54 Å². The van der Waals surface area contributed by atoms with Crippen LogP contribution < -0.4 is 5.32 Å². The van der Waals surface area contributed by atoms with Crippen molar-refractivity contribution in [3.05, 3.63) is 0 Å². The standard InChI is InChI=1S/C14H22N2O3/c1-2-3-5-10-6-4-7-11(8-10)16-9-12(17)13(18)15-14(16)19/h10-11H,2-9H2,1H3,(H,15,18,19). The average Bonchev–Trinajstić information content (AvgIpc) is 2.41. The molecular weight excluding hydrogens is 244 g/mol. The quantitative estimate of drug-likeness (QED) is 0.790. The number of hydrogen-bond acceptors (Lipinski definition) is 3. The van der Waals surface area contributed by atoms with Gasteiger partial charge in [0.1, 0.15) is 0 Å². The van der Waals surface area contributed by atoms with Gasteiger partial charge in [0, 0.05) is 6.04 Å². The third-order valence-electron chi connectivity index (χ3n) is 4.21. The Labute approximate surface area is 113 Å². The summed E-state index contributed by atoms with van der Waals surface area (Å²) in [4.78, 5) is 35.9. The molecule has 1 aliphatic carbocycles. The molecule has 2 aliphatic rings. The van der Waals surface area contributed by atoms with Crippen LogP contribution in [0.25, 0.3) is 0 Å². The molecule has 2 atom stereocenters. The summed E-state index contributed by atoms with van der Waals surface area (Å²) in [6.45, 7) is 2.14. The monoisotopic (exact) mass is 266 g/mol. The minimum atomic E-state index is -0.764. The first kappa shape index (κ1) is 14.0. The number of carbonyl (C=O) groups excluding carboxylic acids is 3. The van der Waals surface area contributed by atoms with Gasteiger partial charge in [-0.1, -0.05) is 39.0 Å². The zero-order valence-corrected chi connectivity index (χ0v) is 11.5. The molecule has 1 aliphatic heterocycles. The fraction of sp³-hybridized carbons (Fsp3) is 0.786. The Bertz CT molecular complexity index is 381. The number of carbonyl (C=O) groups is 3. The molecule has 0 aromatic heterocycles. The van der Waals surface area contributed by atoms with Gasteiger partial charge in [-0.25, -0.2) is 4.79 Å². The minimum Gasteiger partial charge on any atom is -0.314 e. The number of nitrogens with one attached hydrogen (secondary N) is 1. The first-order chi connectivity index (χ1) is 9.11. The number of hydrogen-bond donors (Lipinski definition) is 1. The van der Waals surface area contributed by atoms with Gasteiger partial charge < -0.3 is 4.90 Å². The summed E-state index contributed by atoms with van der Waals surface area (Å²) in [5.41, 5.74) is 0. The molecule has 0 aromatic rings. The van der Waals surface area contributed by atoms with Crippen LogP contribution in [0, 0.1) is 5.92 Å². The van der Waals surface area contributed by atoms with Crippen LogP contribution in [0.3, 0.4) is 0 Å². The summed E-state index contributed by atoms with van der Waals surface area (Å²) in [6, 6.07) is -0.279. The maximum Gasteiger partial charge on any atom is 0.325 e. The Morgan fingerprint density at radius 2 is 2.05 bits per heavy atom. The van der Waals surface area contributed by atoms with Crippen molar-refractivity contribution >= 4 is 17.7 Å². The molecule has 0 spiro atoms. The Kier molecular flexibility index (Phi) is 4.56. The van der Waals surface area contributed by atoms with Crippen LogP contribution in [-0.2, 0) is 9.59 Å². The molecule has 5 nitrogen and oxygen atoms in total. The predicted octanol–water partition coefficient (Wildman–Crippen LogP) is 1.86. The lowest BCUT2D eigenvalue weighted by molar-refractivity contribution is -0.139. The van der Waals surface area contributed by atoms with E-state index in [4.69, 9.17) is 0 Å². The molecule has 1 N–H and O–H groups in total. The lowest BCUT2D eigenvalue weighted by Crippen LogP contribution is -2.58. The summed E-state index contributed by atoms with van der Waals surface area (Å²) < 4.78 is 0. The van der Waals surface area contributed by atoms with Gasteiger partial charge in [0.2, 0.25) is 5.78 Å². The first-order valence-electron chi connectivity index (χ1n) is 7.26. The molecule has 106 valence electrons. The lowest BCUT2D eigenvalue weighted by Gasteiger charge is -2.38. The molecule has 2 unspecified atom stereocenters. The fourth-order valence-corrected chi connectivity index (χ4v) is 3.13. The van der Waals surface area contributed by atoms with Crippen LogP contribution in [0.4, 0.5) is 4.79 Å². The number of imide groups is 1. The molecule has 2 rings (SSSR count). The molecule has 0 radical (unpaired) electrons. The van der Waals surface area contributed by atoms with Crippen LogP contribution in [-0.4, -0.2) is 35.2 Å². The number of unbranched alkanes of at least 4 members (excludes halogenated alkanes) is 1. The highest BCUT2D eigenvalue weighted by atomic mass is 16.2. The number of ketones is 1. The third kappa shape index (κ3) is 3.33. The molecule has 0 aromatic carbocycles. The van der Waals surface area contributed by atoms with E-state index in [1.807, 2.05) is 0 Å². The molecule has 19 heavy (non-hydrogen) atoms. The van der Waals surface area contributed by atoms with Gasteiger partial charge in [-0.15, -0.1) is 0 Å². The zero-order chi connectivity index (χ0) is 13.8. The second kappa shape index (κ2) is 6.17. The van der Waals surface area contributed by atoms with Gasteiger partial charge in [-0.2, -0.15) is 0 Å². The van der Waals surface area contributed by atoms with E-state index in [1.165, 1.54) is 25.7 Å². The Hall–Kier alpha value is -1.39. The summed E-state index contributed by atoms with van der Waals surface area (Å²) in [5.74, 6) is -0.617. The van der Waals surface area contributed by atoms with E-state index in [0.717, 1.165) is 19.3 Å². The average molecular weight is 266 g/mol. The number of amides is 3. The van der Waals surface area contributed by atoms with Crippen LogP contribution in [0.5, 0.6) is 0 Å². The summed E-state index contributed by atoms with van der Waals surface area (Å²) in [7, 11) is 0. The maximum atomic E-state index is 11.8. The van der Waals surface area contributed by atoms with Crippen molar-refractivity contribution < 1.29 is 14.4 Å². The first-order valence-corrected chi connectivity index (χ1v) is 7.26. The maximum absolute atomic E-state index is 11.8. The zero-order valence-electron chi connectivity index (χ0n) is 11.5. The number of Topliss-reactive ketones (excluding diaryl/α,β-unsaturated/α-hetero) is 1. The van der Waals surface area contributed by atoms with Gasteiger partial charge in [-0.3, -0.25) is 14.9 Å². The molecule has 3 amide bonds. The van der Waals surface area contributed by atoms with Gasteiger partial charge in [0.15, 0.2) is 0 Å². The highest BCUT2D eigenvalue weighted by molar-refractivity contribution is 6.41. The normalized spacial score (nSPS) is 28.5. The third-order valence-corrected chi connectivity index (χ3v) is 4.21. The van der Waals surface area contributed by atoms with Crippen LogP contribution in [0.2, 0.25) is 0 Å². The van der Waals surface area contributed by atoms with Gasteiger partial charge in [0.25, 0.3) is 5.91 Å². The highest BCUT2D eigenvalue weighted by Crippen LogP contribution is 2.31. The van der Waals surface area contributed by atoms with Crippen molar-refractivity contribution in [1.82, 2.24) is 10.2 Å². The molecular formula is C14H22N2O3. The van der Waals surface area contributed by atoms with E-state index in [-0.39, 0.29) is 12.6 Å².